The van der Waals surface area contributed by atoms with E-state index in [2.05, 4.69) is 23.8 Å². The molecule has 0 atom stereocenters. The number of allylic oxidation sites excluding steroid dienone is 2. The molecule has 4 nitrogen and oxygen atoms in total. The first kappa shape index (κ1) is 24.4. The molecule has 0 aromatic heterocycles. The van der Waals surface area contributed by atoms with Gasteiger partial charge in [0.1, 0.15) is 0 Å². The zero-order valence-electron chi connectivity index (χ0n) is 16.7. The van der Waals surface area contributed by atoms with Gasteiger partial charge >= 0.3 is 0 Å². The summed E-state index contributed by atoms with van der Waals surface area (Å²) < 4.78 is 0. The lowest BCUT2D eigenvalue weighted by Gasteiger charge is -2.06. The Hall–Kier alpha value is -1.58. The normalized spacial score (nSPS) is 10.3. The minimum Gasteiger partial charge on any atom is -0.356 e. The lowest BCUT2D eigenvalue weighted by Crippen LogP contribution is -2.24. The second-order valence-electron chi connectivity index (χ2n) is 6.89. The van der Waals surface area contributed by atoms with Crippen molar-refractivity contribution in [3.8, 4) is 0 Å². The van der Waals surface area contributed by atoms with Crippen LogP contribution < -0.4 is 10.6 Å². The first-order chi connectivity index (χ1) is 12.7. The van der Waals surface area contributed by atoms with Gasteiger partial charge in [-0.2, -0.15) is 0 Å². The standard InChI is InChI=1S/C22H40N2O2/c1-3-5-7-9-13-17-21(25)23-19-15-11-12-16-20-24-22(26)18-14-10-8-6-4-2/h3-4H,1-2,5-20H2,(H,23,25)(H,24,26). The summed E-state index contributed by atoms with van der Waals surface area (Å²) in [7, 11) is 0. The van der Waals surface area contributed by atoms with Crippen LogP contribution in [0.3, 0.4) is 0 Å². The summed E-state index contributed by atoms with van der Waals surface area (Å²) in [6.45, 7) is 8.93. The molecule has 26 heavy (non-hydrogen) atoms. The van der Waals surface area contributed by atoms with Gasteiger partial charge in [-0.1, -0.05) is 37.8 Å². The molecule has 0 aliphatic rings. The number of nitrogens with one attached hydrogen (secondary N) is 2. The summed E-state index contributed by atoms with van der Waals surface area (Å²) >= 11 is 0. The van der Waals surface area contributed by atoms with Gasteiger partial charge in [-0.15, -0.1) is 13.2 Å². The van der Waals surface area contributed by atoms with Gasteiger partial charge < -0.3 is 10.6 Å². The van der Waals surface area contributed by atoms with Gasteiger partial charge in [0, 0.05) is 25.9 Å². The molecule has 0 aromatic rings. The van der Waals surface area contributed by atoms with Crippen molar-refractivity contribution >= 4 is 11.8 Å². The van der Waals surface area contributed by atoms with Gasteiger partial charge in [0.05, 0.1) is 0 Å². The molecule has 2 N–H and O–H groups in total. The zero-order chi connectivity index (χ0) is 19.3. The average molecular weight is 365 g/mol. The Morgan fingerprint density at radius 2 is 0.962 bits per heavy atom. The Morgan fingerprint density at radius 3 is 1.35 bits per heavy atom. The summed E-state index contributed by atoms with van der Waals surface area (Å²) in [6.07, 6.45) is 17.8. The van der Waals surface area contributed by atoms with Crippen molar-refractivity contribution in [1.29, 1.82) is 0 Å². The molecular formula is C22H40N2O2. The van der Waals surface area contributed by atoms with Gasteiger partial charge in [-0.25, -0.2) is 0 Å². The molecule has 0 saturated heterocycles. The highest BCUT2D eigenvalue weighted by molar-refractivity contribution is 5.76. The fraction of sp³-hybridized carbons (Fsp3) is 0.727. The highest BCUT2D eigenvalue weighted by atomic mass is 16.2. The maximum Gasteiger partial charge on any atom is 0.219 e. The van der Waals surface area contributed by atoms with Crippen molar-refractivity contribution in [3.05, 3.63) is 25.3 Å². The summed E-state index contributed by atoms with van der Waals surface area (Å²) in [4.78, 5) is 23.3. The van der Waals surface area contributed by atoms with Crippen LogP contribution in [0.1, 0.15) is 89.9 Å². The molecule has 2 amide bonds. The third-order valence-electron chi connectivity index (χ3n) is 4.37. The van der Waals surface area contributed by atoms with Crippen molar-refractivity contribution < 1.29 is 9.59 Å². The predicted molar refractivity (Wildman–Crippen MR) is 111 cm³/mol. The number of carbonyl (C=O) groups is 2. The largest absolute Gasteiger partial charge is 0.356 e. The number of unbranched alkanes of at least 4 members (excludes halogenated alkanes) is 9. The first-order valence-electron chi connectivity index (χ1n) is 10.5. The van der Waals surface area contributed by atoms with E-state index in [4.69, 9.17) is 0 Å². The maximum absolute atomic E-state index is 11.6. The van der Waals surface area contributed by atoms with Crippen LogP contribution in [0.15, 0.2) is 25.3 Å². The molecule has 0 aromatic carbocycles. The van der Waals surface area contributed by atoms with Crippen molar-refractivity contribution in [1.82, 2.24) is 10.6 Å². The Kier molecular flexibility index (Phi) is 18.5. The quantitative estimate of drug-likeness (QED) is 0.249. The number of rotatable bonds is 19. The number of carbonyl (C=O) groups excluding carboxylic acids is 2. The molecule has 0 saturated carbocycles. The first-order valence-corrected chi connectivity index (χ1v) is 10.5. The van der Waals surface area contributed by atoms with Gasteiger partial charge in [0.2, 0.25) is 11.8 Å². The number of amides is 2. The Morgan fingerprint density at radius 1 is 0.577 bits per heavy atom. The van der Waals surface area contributed by atoms with Crippen molar-refractivity contribution in [3.63, 3.8) is 0 Å². The van der Waals surface area contributed by atoms with Gasteiger partial charge in [-0.05, 0) is 51.4 Å². The van der Waals surface area contributed by atoms with E-state index < -0.39 is 0 Å². The van der Waals surface area contributed by atoms with E-state index in [1.807, 2.05) is 12.2 Å². The Labute approximate surface area is 160 Å². The highest BCUT2D eigenvalue weighted by Gasteiger charge is 2.01. The molecule has 0 aliphatic carbocycles. The third kappa shape index (κ3) is 18.8. The fourth-order valence-electron chi connectivity index (χ4n) is 2.74. The van der Waals surface area contributed by atoms with E-state index in [0.29, 0.717) is 12.8 Å². The third-order valence-corrected chi connectivity index (χ3v) is 4.37. The Bertz CT molecular complexity index is 344. The molecule has 0 bridgehead atoms. The van der Waals surface area contributed by atoms with Crippen LogP contribution in [0.25, 0.3) is 0 Å². The van der Waals surface area contributed by atoms with Crippen LogP contribution in [0.5, 0.6) is 0 Å². The van der Waals surface area contributed by atoms with Crippen molar-refractivity contribution in [2.24, 2.45) is 0 Å². The summed E-state index contributed by atoms with van der Waals surface area (Å²) in [5, 5.41) is 5.97. The van der Waals surface area contributed by atoms with Crippen LogP contribution in [-0.4, -0.2) is 24.9 Å². The molecular weight excluding hydrogens is 324 g/mol. The van der Waals surface area contributed by atoms with Gasteiger partial charge in [-0.3, -0.25) is 9.59 Å². The molecule has 4 heteroatoms. The van der Waals surface area contributed by atoms with Crippen molar-refractivity contribution in [2.75, 3.05) is 13.1 Å². The lowest BCUT2D eigenvalue weighted by atomic mass is 10.1. The molecule has 0 aliphatic heterocycles. The maximum atomic E-state index is 11.6. The van der Waals surface area contributed by atoms with E-state index in [9.17, 15) is 9.59 Å². The summed E-state index contributed by atoms with van der Waals surface area (Å²) in [6, 6.07) is 0. The molecule has 0 rings (SSSR count). The minimum absolute atomic E-state index is 0.170. The second kappa shape index (κ2) is 19.7. The van der Waals surface area contributed by atoms with Crippen LogP contribution in [0.2, 0.25) is 0 Å². The van der Waals surface area contributed by atoms with Crippen LogP contribution in [-0.2, 0) is 9.59 Å². The van der Waals surface area contributed by atoms with E-state index >= 15 is 0 Å². The van der Waals surface area contributed by atoms with Crippen molar-refractivity contribution in [2.45, 2.75) is 89.9 Å². The lowest BCUT2D eigenvalue weighted by molar-refractivity contribution is -0.122. The average Bonchev–Trinajstić information content (AvgIpc) is 2.63. The van der Waals surface area contributed by atoms with E-state index in [1.165, 1.54) is 0 Å². The smallest absolute Gasteiger partial charge is 0.219 e. The van der Waals surface area contributed by atoms with E-state index in [-0.39, 0.29) is 11.8 Å². The van der Waals surface area contributed by atoms with Crippen LogP contribution in [0.4, 0.5) is 0 Å². The van der Waals surface area contributed by atoms with Crippen LogP contribution in [0, 0.1) is 0 Å². The molecule has 0 heterocycles. The highest BCUT2D eigenvalue weighted by Crippen LogP contribution is 2.04. The van der Waals surface area contributed by atoms with E-state index in [0.717, 1.165) is 90.1 Å². The molecule has 0 radical (unpaired) electrons. The topological polar surface area (TPSA) is 58.2 Å². The fourth-order valence-corrected chi connectivity index (χ4v) is 2.74. The SMILES string of the molecule is C=CCCCCCC(=O)NCCCCCCNC(=O)CCCCCC=C. The summed E-state index contributed by atoms with van der Waals surface area (Å²) in [5.41, 5.74) is 0. The number of hydrogen-bond acceptors (Lipinski definition) is 2. The minimum atomic E-state index is 0.170. The predicted octanol–water partition coefficient (Wildman–Crippen LogP) is 5.05. The zero-order valence-corrected chi connectivity index (χ0v) is 16.7. The summed E-state index contributed by atoms with van der Waals surface area (Å²) in [5.74, 6) is 0.341. The molecule has 0 fully saturated rings. The molecule has 0 spiro atoms. The van der Waals surface area contributed by atoms with E-state index in [1.54, 1.807) is 0 Å². The molecule has 150 valence electrons. The molecule has 0 unspecified atom stereocenters. The Balaban J connectivity index is 3.27. The monoisotopic (exact) mass is 364 g/mol. The van der Waals surface area contributed by atoms with Crippen LogP contribution >= 0.6 is 0 Å². The number of hydrogen-bond donors (Lipinski definition) is 2. The van der Waals surface area contributed by atoms with Gasteiger partial charge in [0.15, 0.2) is 0 Å². The van der Waals surface area contributed by atoms with Gasteiger partial charge in [0.25, 0.3) is 0 Å². The second-order valence-corrected chi connectivity index (χ2v) is 6.89.